The molecule has 0 saturated heterocycles. The lowest BCUT2D eigenvalue weighted by Crippen LogP contribution is -1.99. The number of carboxylic acid groups (broad SMARTS) is 1. The first-order valence-corrected chi connectivity index (χ1v) is 4.49. The molecule has 70 valence electrons. The van der Waals surface area contributed by atoms with Crippen molar-refractivity contribution in [3.05, 3.63) is 17.5 Å². The number of carboxylic acids is 1. The number of hydrogen-bond donors (Lipinski definition) is 2. The minimum Gasteiger partial charge on any atom is -0.481 e. The van der Waals surface area contributed by atoms with Gasteiger partial charge in [-0.3, -0.25) is 9.89 Å². The predicted octanol–water partition coefficient (Wildman–Crippen LogP) is 1.16. The van der Waals surface area contributed by atoms with Crippen LogP contribution < -0.4 is 0 Å². The van der Waals surface area contributed by atoms with Gasteiger partial charge in [0.2, 0.25) is 0 Å². The van der Waals surface area contributed by atoms with Crippen LogP contribution in [0.1, 0.15) is 30.5 Å². The molecule has 0 bridgehead atoms. The number of aliphatic carboxylic acids is 1. The molecule has 1 heterocycles. The lowest BCUT2D eigenvalue weighted by atomic mass is 10.1. The predicted molar refractivity (Wildman–Crippen MR) is 46.4 cm³/mol. The Hall–Kier alpha value is -1.32. The van der Waals surface area contributed by atoms with E-state index in [0.29, 0.717) is 0 Å². The monoisotopic (exact) mass is 180 g/mol. The Kier molecular flexibility index (Phi) is 1.83. The summed E-state index contributed by atoms with van der Waals surface area (Å²) in [5.74, 6) is -0.664. The van der Waals surface area contributed by atoms with E-state index in [0.717, 1.165) is 24.1 Å². The summed E-state index contributed by atoms with van der Waals surface area (Å²) < 4.78 is 0. The number of aryl methyl sites for hydroxylation is 1. The van der Waals surface area contributed by atoms with Crippen molar-refractivity contribution in [2.45, 2.75) is 25.7 Å². The lowest BCUT2D eigenvalue weighted by molar-refractivity contribution is -0.138. The molecule has 0 spiro atoms. The third-order valence-electron chi connectivity index (χ3n) is 2.59. The van der Waals surface area contributed by atoms with Crippen LogP contribution in [-0.2, 0) is 11.2 Å². The lowest BCUT2D eigenvalue weighted by Gasteiger charge is -1.95. The minimum absolute atomic E-state index is 0.178. The van der Waals surface area contributed by atoms with Gasteiger partial charge in [-0.1, -0.05) is 6.92 Å². The minimum atomic E-state index is -0.687. The highest BCUT2D eigenvalue weighted by molar-refractivity contribution is 5.75. The zero-order valence-corrected chi connectivity index (χ0v) is 7.45. The Bertz CT molecular complexity index is 332. The smallest absolute Gasteiger partial charge is 0.307 e. The molecule has 1 fully saturated rings. The van der Waals surface area contributed by atoms with Crippen LogP contribution in [0.25, 0.3) is 0 Å². The molecule has 0 aromatic carbocycles. The van der Waals surface area contributed by atoms with E-state index in [1.54, 1.807) is 0 Å². The molecule has 4 heteroatoms. The van der Waals surface area contributed by atoms with E-state index in [2.05, 4.69) is 10.2 Å². The molecule has 0 aliphatic heterocycles. The second-order valence-corrected chi connectivity index (χ2v) is 3.43. The quantitative estimate of drug-likeness (QED) is 0.733. The second kappa shape index (κ2) is 2.87. The van der Waals surface area contributed by atoms with Crippen LogP contribution >= 0.6 is 0 Å². The van der Waals surface area contributed by atoms with Gasteiger partial charge in [-0.15, -0.1) is 0 Å². The van der Waals surface area contributed by atoms with Crippen molar-refractivity contribution in [3.8, 4) is 0 Å². The van der Waals surface area contributed by atoms with Crippen LogP contribution in [0.4, 0.5) is 0 Å². The fourth-order valence-electron chi connectivity index (χ4n) is 1.74. The first kappa shape index (κ1) is 8.29. The van der Waals surface area contributed by atoms with Crippen molar-refractivity contribution in [2.24, 2.45) is 5.92 Å². The van der Waals surface area contributed by atoms with E-state index in [1.165, 1.54) is 0 Å². The van der Waals surface area contributed by atoms with Gasteiger partial charge in [-0.25, -0.2) is 0 Å². The molecule has 0 radical (unpaired) electrons. The van der Waals surface area contributed by atoms with Crippen molar-refractivity contribution >= 4 is 5.97 Å². The number of aromatic nitrogens is 2. The van der Waals surface area contributed by atoms with Crippen LogP contribution in [0, 0.1) is 5.92 Å². The van der Waals surface area contributed by atoms with Crippen molar-refractivity contribution in [2.75, 3.05) is 0 Å². The molecule has 1 aliphatic rings. The molecule has 13 heavy (non-hydrogen) atoms. The van der Waals surface area contributed by atoms with Gasteiger partial charge in [0, 0.05) is 12.1 Å². The molecule has 4 nitrogen and oxygen atoms in total. The van der Waals surface area contributed by atoms with Gasteiger partial charge in [0.05, 0.1) is 11.6 Å². The zero-order chi connectivity index (χ0) is 9.42. The van der Waals surface area contributed by atoms with Crippen LogP contribution in [-0.4, -0.2) is 21.3 Å². The first-order chi connectivity index (χ1) is 6.24. The van der Waals surface area contributed by atoms with E-state index in [9.17, 15) is 4.79 Å². The number of aromatic amines is 1. The molecule has 1 saturated carbocycles. The molecule has 2 rings (SSSR count). The topological polar surface area (TPSA) is 66.0 Å². The summed E-state index contributed by atoms with van der Waals surface area (Å²) in [6, 6.07) is 0. The SMILES string of the molecule is CCc1n[nH]cc1C1CC1C(=O)O. The normalized spacial score (nSPS) is 25.9. The Labute approximate surface area is 76.0 Å². The van der Waals surface area contributed by atoms with E-state index in [4.69, 9.17) is 5.11 Å². The summed E-state index contributed by atoms with van der Waals surface area (Å²) in [5, 5.41) is 15.6. The Morgan fingerprint density at radius 2 is 2.62 bits per heavy atom. The van der Waals surface area contributed by atoms with Gasteiger partial charge in [-0.2, -0.15) is 5.10 Å². The molecular weight excluding hydrogens is 168 g/mol. The maximum Gasteiger partial charge on any atom is 0.307 e. The molecule has 1 aromatic heterocycles. The summed E-state index contributed by atoms with van der Waals surface area (Å²) in [7, 11) is 0. The number of nitrogens with zero attached hydrogens (tertiary/aromatic N) is 1. The number of rotatable bonds is 3. The summed E-state index contributed by atoms with van der Waals surface area (Å²) in [5.41, 5.74) is 2.10. The fourth-order valence-corrected chi connectivity index (χ4v) is 1.74. The standard InChI is InChI=1S/C9H12N2O2/c1-2-8-7(4-10-11-8)5-3-6(5)9(12)13/h4-6H,2-3H2,1H3,(H,10,11)(H,12,13). The van der Waals surface area contributed by atoms with Crippen molar-refractivity contribution in [3.63, 3.8) is 0 Å². The summed E-state index contributed by atoms with van der Waals surface area (Å²) >= 11 is 0. The molecule has 2 atom stereocenters. The van der Waals surface area contributed by atoms with Gasteiger partial charge in [-0.05, 0) is 18.4 Å². The first-order valence-electron chi connectivity index (χ1n) is 4.49. The van der Waals surface area contributed by atoms with Gasteiger partial charge >= 0.3 is 5.97 Å². The number of H-pyrrole nitrogens is 1. The Morgan fingerprint density at radius 3 is 3.15 bits per heavy atom. The number of nitrogens with one attached hydrogen (secondary N) is 1. The van der Waals surface area contributed by atoms with Gasteiger partial charge < -0.3 is 5.11 Å². The largest absolute Gasteiger partial charge is 0.481 e. The second-order valence-electron chi connectivity index (χ2n) is 3.43. The average Bonchev–Trinajstić information content (AvgIpc) is 2.77. The molecule has 2 N–H and O–H groups in total. The number of carbonyl (C=O) groups is 1. The van der Waals surface area contributed by atoms with E-state index in [1.807, 2.05) is 13.1 Å². The summed E-state index contributed by atoms with van der Waals surface area (Å²) in [6.45, 7) is 2.03. The third kappa shape index (κ3) is 1.32. The van der Waals surface area contributed by atoms with Crippen LogP contribution in [0.15, 0.2) is 6.20 Å². The Balaban J connectivity index is 2.15. The van der Waals surface area contributed by atoms with E-state index in [-0.39, 0.29) is 11.8 Å². The highest BCUT2D eigenvalue weighted by Gasteiger charge is 2.45. The van der Waals surface area contributed by atoms with E-state index < -0.39 is 5.97 Å². The van der Waals surface area contributed by atoms with Crippen molar-refractivity contribution in [1.29, 1.82) is 0 Å². The van der Waals surface area contributed by atoms with Crippen molar-refractivity contribution < 1.29 is 9.90 Å². The number of hydrogen-bond acceptors (Lipinski definition) is 2. The average molecular weight is 180 g/mol. The molecule has 1 aliphatic carbocycles. The molecule has 2 unspecified atom stereocenters. The fraction of sp³-hybridized carbons (Fsp3) is 0.556. The summed E-state index contributed by atoms with van der Waals surface area (Å²) in [6.07, 6.45) is 3.45. The molecular formula is C9H12N2O2. The van der Waals surface area contributed by atoms with E-state index >= 15 is 0 Å². The van der Waals surface area contributed by atoms with Gasteiger partial charge in [0.15, 0.2) is 0 Å². The van der Waals surface area contributed by atoms with Crippen LogP contribution in [0.3, 0.4) is 0 Å². The van der Waals surface area contributed by atoms with Crippen LogP contribution in [0.5, 0.6) is 0 Å². The third-order valence-corrected chi connectivity index (χ3v) is 2.59. The maximum absolute atomic E-state index is 10.6. The highest BCUT2D eigenvalue weighted by Crippen LogP contribution is 2.48. The zero-order valence-electron chi connectivity index (χ0n) is 7.45. The van der Waals surface area contributed by atoms with Crippen molar-refractivity contribution in [1.82, 2.24) is 10.2 Å². The van der Waals surface area contributed by atoms with Gasteiger partial charge in [0.1, 0.15) is 0 Å². The highest BCUT2D eigenvalue weighted by atomic mass is 16.4. The summed E-state index contributed by atoms with van der Waals surface area (Å²) in [4.78, 5) is 10.6. The molecule has 1 aromatic rings. The Morgan fingerprint density at radius 1 is 1.85 bits per heavy atom. The van der Waals surface area contributed by atoms with Gasteiger partial charge in [0.25, 0.3) is 0 Å². The van der Waals surface area contributed by atoms with Crippen LogP contribution in [0.2, 0.25) is 0 Å². The molecule has 0 amide bonds. The maximum atomic E-state index is 10.6.